The quantitative estimate of drug-likeness (QED) is 0.181. The van der Waals surface area contributed by atoms with Crippen LogP contribution in [0, 0.1) is 31.4 Å². The Morgan fingerprint density at radius 2 is 1.66 bits per heavy atom. The number of rotatable bonds is 7. The van der Waals surface area contributed by atoms with Crippen LogP contribution in [0.5, 0.6) is 0 Å². The Morgan fingerprint density at radius 1 is 0.923 bits per heavy atom. The number of nitrogens with one attached hydrogen (secondary N) is 1. The molecule has 1 saturated heterocycles. The highest BCUT2D eigenvalue weighted by Gasteiger charge is 2.59. The second-order valence-corrected chi connectivity index (χ2v) is 18.7. The molecule has 0 radical (unpaired) electrons. The third kappa shape index (κ3) is 6.37. The highest BCUT2D eigenvalue weighted by Crippen LogP contribution is 2.56. The molecule has 3 atom stereocenters. The monoisotopic (exact) mass is 882 g/mol. The molecule has 15 nitrogen and oxygen atoms in total. The van der Waals surface area contributed by atoms with Crippen molar-refractivity contribution < 1.29 is 22.8 Å². The third-order valence-electron chi connectivity index (χ3n) is 14.1. The molecule has 334 valence electrons. The van der Waals surface area contributed by atoms with Crippen LogP contribution in [0.15, 0.2) is 81.2 Å². The summed E-state index contributed by atoms with van der Waals surface area (Å²) in [6.45, 7) is 10.9. The summed E-state index contributed by atoms with van der Waals surface area (Å²) in [6.07, 6.45) is 7.61. The van der Waals surface area contributed by atoms with Gasteiger partial charge < -0.3 is 14.2 Å². The molecule has 1 saturated carbocycles. The van der Waals surface area contributed by atoms with Crippen LogP contribution < -0.4 is 11.4 Å². The van der Waals surface area contributed by atoms with Crippen LogP contribution in [0.25, 0.3) is 39.0 Å². The Bertz CT molecular complexity index is 3360. The number of benzene rings is 3. The fourth-order valence-electron chi connectivity index (χ4n) is 10.6. The second kappa shape index (κ2) is 14.6. The number of hydrogen-bond donors (Lipinski definition) is 1. The number of H-pyrrole nitrogens is 1. The molecule has 1 unspecified atom stereocenters. The van der Waals surface area contributed by atoms with Crippen LogP contribution in [0.1, 0.15) is 90.2 Å². The summed E-state index contributed by atoms with van der Waals surface area (Å²) in [7, 11) is 1.72. The number of hydrogen-bond acceptors (Lipinski definition) is 8. The maximum absolute atomic E-state index is 16.0. The number of carbonyl (C=O) groups excluding carboxylic acids is 1. The van der Waals surface area contributed by atoms with E-state index in [9.17, 15) is 9.59 Å². The van der Waals surface area contributed by atoms with Crippen LogP contribution in [0.4, 0.5) is 8.78 Å². The predicted molar refractivity (Wildman–Crippen MR) is 237 cm³/mol. The number of aromatic amines is 1. The number of aromatic nitrogens is 9. The lowest BCUT2D eigenvalue weighted by molar-refractivity contribution is -0.0592. The predicted octanol–water partition coefficient (Wildman–Crippen LogP) is 6.92. The van der Waals surface area contributed by atoms with Crippen LogP contribution in [0.3, 0.4) is 0 Å². The number of amides is 1. The van der Waals surface area contributed by atoms with Crippen molar-refractivity contribution in [2.45, 2.75) is 83.8 Å². The van der Waals surface area contributed by atoms with Gasteiger partial charge in [0.2, 0.25) is 0 Å². The number of carbonyl (C=O) groups is 1. The van der Waals surface area contributed by atoms with E-state index >= 15 is 13.6 Å². The van der Waals surface area contributed by atoms with Crippen LogP contribution >= 0.6 is 0 Å². The lowest BCUT2D eigenvalue weighted by atomic mass is 9.83. The molecule has 1 N–H and O–H groups in total. The van der Waals surface area contributed by atoms with Gasteiger partial charge in [0, 0.05) is 62.0 Å². The molecule has 5 aromatic heterocycles. The van der Waals surface area contributed by atoms with Gasteiger partial charge in [0.25, 0.3) is 5.91 Å². The summed E-state index contributed by atoms with van der Waals surface area (Å²) < 4.78 is 50.1. The molecule has 65 heavy (non-hydrogen) atoms. The van der Waals surface area contributed by atoms with E-state index in [1.165, 1.54) is 27.1 Å². The van der Waals surface area contributed by atoms with Crippen molar-refractivity contribution in [2.24, 2.45) is 13.0 Å². The standard InChI is InChI=1S/C48H48F2N10O5/c1-26-19-32(20-27(2)40(26)49)60-42(58-17-16-57(46(58)63)38-10-9-37-34(41(38)50)25-51-55(37)6)33-11-14-56(15-12-35(33)53-60)43(61)39-22-31-21-29(30-13-18-64-47(4,5)24-30)7-8-36(31)59(39)48(23-28(48)3)44-52-45(62)65-54-44/h7-10,16-17,19-22,25,28,30H,11-15,18,23-24H2,1-6H3,(H,52,54,62)/t28-,30?,48-/m0/s1. The molecular weight excluding hydrogens is 835 g/mol. The number of halogens is 2. The van der Waals surface area contributed by atoms with E-state index in [1.54, 1.807) is 60.7 Å². The third-order valence-corrected chi connectivity index (χ3v) is 14.1. The van der Waals surface area contributed by atoms with Gasteiger partial charge in [0.1, 0.15) is 22.9 Å². The van der Waals surface area contributed by atoms with E-state index in [-0.39, 0.29) is 46.8 Å². The van der Waals surface area contributed by atoms with Crippen molar-refractivity contribution in [2.75, 3.05) is 19.7 Å². The fraction of sp³-hybridized carbons (Fsp3) is 0.375. The zero-order valence-corrected chi connectivity index (χ0v) is 37.0. The number of fused-ring (bicyclic) bond motifs is 3. The summed E-state index contributed by atoms with van der Waals surface area (Å²) >= 11 is 0. The average molecular weight is 883 g/mol. The van der Waals surface area contributed by atoms with Gasteiger partial charge in [0.15, 0.2) is 11.6 Å². The molecule has 2 aliphatic heterocycles. The minimum atomic E-state index is -0.815. The maximum atomic E-state index is 16.0. The van der Waals surface area contributed by atoms with E-state index < -0.39 is 22.8 Å². The largest absolute Gasteiger partial charge is 0.438 e. The van der Waals surface area contributed by atoms with Gasteiger partial charge in [-0.2, -0.15) is 10.2 Å². The van der Waals surface area contributed by atoms with E-state index in [1.807, 2.05) is 15.5 Å². The highest BCUT2D eigenvalue weighted by molar-refractivity contribution is 5.99. The molecule has 1 amide bonds. The number of nitrogens with zero attached hydrogens (tertiary/aromatic N) is 9. The first kappa shape index (κ1) is 40.9. The molecule has 11 rings (SSSR count). The van der Waals surface area contributed by atoms with Crippen molar-refractivity contribution in [3.8, 4) is 17.2 Å². The fourth-order valence-corrected chi connectivity index (χ4v) is 10.6. The van der Waals surface area contributed by atoms with Crippen LogP contribution in [-0.2, 0) is 30.2 Å². The minimum Gasteiger partial charge on any atom is -0.376 e. The van der Waals surface area contributed by atoms with E-state index in [0.717, 1.165) is 29.3 Å². The molecule has 8 aromatic rings. The molecular formula is C48H48F2N10O5. The lowest BCUT2D eigenvalue weighted by Gasteiger charge is -2.35. The van der Waals surface area contributed by atoms with Crippen LogP contribution in [0.2, 0.25) is 0 Å². The molecule has 0 spiro atoms. The Hall–Kier alpha value is -6.88. The lowest BCUT2D eigenvalue weighted by Crippen LogP contribution is -2.37. The molecule has 17 heteroatoms. The summed E-state index contributed by atoms with van der Waals surface area (Å²) in [5.74, 6) is -0.669. The van der Waals surface area contributed by atoms with Crippen molar-refractivity contribution >= 4 is 27.7 Å². The first-order valence-corrected chi connectivity index (χ1v) is 22.1. The Morgan fingerprint density at radius 3 is 2.38 bits per heavy atom. The van der Waals surface area contributed by atoms with Crippen molar-refractivity contribution in [1.29, 1.82) is 0 Å². The Kier molecular flexibility index (Phi) is 9.16. The summed E-state index contributed by atoms with van der Waals surface area (Å²) in [5, 5.41) is 14.6. The Labute approximate surface area is 370 Å². The summed E-state index contributed by atoms with van der Waals surface area (Å²) in [5.41, 5.74) is 4.34. The molecule has 3 aromatic carbocycles. The first-order chi connectivity index (χ1) is 31.1. The van der Waals surface area contributed by atoms with Crippen molar-refractivity contribution in [3.05, 3.63) is 139 Å². The second-order valence-electron chi connectivity index (χ2n) is 18.7. The minimum absolute atomic E-state index is 0.0296. The smallest absolute Gasteiger partial charge is 0.376 e. The molecule has 0 bridgehead atoms. The van der Waals surface area contributed by atoms with Gasteiger partial charge in [-0.15, -0.1) is 0 Å². The highest BCUT2D eigenvalue weighted by atomic mass is 19.1. The van der Waals surface area contributed by atoms with Crippen molar-refractivity contribution in [1.82, 2.24) is 48.3 Å². The number of aryl methyl sites for hydroxylation is 3. The first-order valence-electron chi connectivity index (χ1n) is 22.1. The summed E-state index contributed by atoms with van der Waals surface area (Å²) in [6, 6.07) is 15.0. The number of ether oxygens (including phenoxy) is 1. The van der Waals surface area contributed by atoms with Gasteiger partial charge in [-0.05, 0) is 124 Å². The van der Waals surface area contributed by atoms with Gasteiger partial charge in [-0.3, -0.25) is 28.1 Å². The molecule has 3 aliphatic rings. The van der Waals surface area contributed by atoms with Crippen LogP contribution in [-0.4, -0.2) is 79.5 Å². The SMILES string of the molecule is Cc1cc(-n2nc3c(c2-n2ccn(-c4ccc5c(cnn5C)c4F)c2=O)CCN(C(=O)c2cc4cc(C5CCOC(C)(C)C5)ccc4n2[C@@]2(c4noc(=O)[nH]4)C[C@@H]2C)CC3)cc(C)c1F. The molecule has 2 fully saturated rings. The van der Waals surface area contributed by atoms with Gasteiger partial charge in [-0.25, -0.2) is 23.1 Å². The summed E-state index contributed by atoms with van der Waals surface area (Å²) in [4.78, 5) is 46.7. The van der Waals surface area contributed by atoms with Gasteiger partial charge in [-0.1, -0.05) is 18.1 Å². The Balaban J connectivity index is 0.996. The topological polar surface area (TPSA) is 156 Å². The molecule has 7 heterocycles. The van der Waals surface area contributed by atoms with Gasteiger partial charge in [0.05, 0.1) is 39.8 Å². The van der Waals surface area contributed by atoms with E-state index in [0.29, 0.717) is 77.8 Å². The maximum Gasteiger partial charge on any atom is 0.438 e. The zero-order valence-electron chi connectivity index (χ0n) is 37.0. The molecule has 1 aliphatic carbocycles. The number of imidazole rings is 1. The van der Waals surface area contributed by atoms with Gasteiger partial charge >= 0.3 is 11.4 Å². The van der Waals surface area contributed by atoms with E-state index in [4.69, 9.17) is 14.4 Å². The van der Waals surface area contributed by atoms with E-state index in [2.05, 4.69) is 54.2 Å². The zero-order chi connectivity index (χ0) is 45.3. The average Bonchev–Trinajstić information content (AvgIpc) is 3.84. The normalized spacial score (nSPS) is 20.7. The van der Waals surface area contributed by atoms with Crippen molar-refractivity contribution in [3.63, 3.8) is 0 Å².